The Labute approximate surface area is 160 Å². The number of nitrogens with one attached hydrogen (secondary N) is 1. The van der Waals surface area contributed by atoms with E-state index in [4.69, 9.17) is 27.9 Å². The van der Waals surface area contributed by atoms with Gasteiger partial charge in [0, 0.05) is 55.5 Å². The fourth-order valence-electron chi connectivity index (χ4n) is 3.48. The quantitative estimate of drug-likeness (QED) is 0.820. The molecule has 3 rings (SSSR count). The molecule has 2 aliphatic heterocycles. The first-order chi connectivity index (χ1) is 10.3. The maximum Gasteiger partial charge on any atom is 0.0469 e. The van der Waals surface area contributed by atoms with E-state index in [9.17, 15) is 0 Å². The van der Waals surface area contributed by atoms with Crippen LogP contribution in [0.2, 0.25) is 10.0 Å². The second kappa shape index (κ2) is 10.3. The molecule has 1 atom stereocenters. The molecule has 132 valence electrons. The van der Waals surface area contributed by atoms with Crippen molar-refractivity contribution < 1.29 is 4.74 Å². The van der Waals surface area contributed by atoms with E-state index in [1.165, 1.54) is 5.56 Å². The molecule has 2 fully saturated rings. The van der Waals surface area contributed by atoms with Crippen molar-refractivity contribution in [1.29, 1.82) is 0 Å². The molecule has 0 radical (unpaired) electrons. The molecule has 7 heteroatoms. The van der Waals surface area contributed by atoms with Crippen molar-refractivity contribution in [2.75, 3.05) is 39.4 Å². The Kier molecular flexibility index (Phi) is 9.54. The van der Waals surface area contributed by atoms with E-state index >= 15 is 0 Å². The molecule has 0 amide bonds. The zero-order valence-corrected chi connectivity index (χ0v) is 16.1. The second-order valence-corrected chi connectivity index (χ2v) is 6.69. The summed E-state index contributed by atoms with van der Waals surface area (Å²) in [5.74, 6) is 0.591. The molecule has 2 aliphatic rings. The predicted molar refractivity (Wildman–Crippen MR) is 102 cm³/mol. The molecule has 1 aromatic rings. The van der Waals surface area contributed by atoms with Gasteiger partial charge in [0.25, 0.3) is 0 Å². The van der Waals surface area contributed by atoms with Gasteiger partial charge < -0.3 is 10.1 Å². The summed E-state index contributed by atoms with van der Waals surface area (Å²) in [7, 11) is 0. The summed E-state index contributed by atoms with van der Waals surface area (Å²) >= 11 is 12.7. The van der Waals surface area contributed by atoms with Gasteiger partial charge in [0.05, 0.1) is 0 Å². The number of rotatable bonds is 3. The minimum Gasteiger partial charge on any atom is -0.381 e. The van der Waals surface area contributed by atoms with E-state index < -0.39 is 0 Å². The minimum atomic E-state index is 0. The zero-order valence-electron chi connectivity index (χ0n) is 13.0. The topological polar surface area (TPSA) is 24.5 Å². The molecule has 2 heterocycles. The SMILES string of the molecule is Cl.Cl.Clc1ccc(Cl)c([C@H](C2CCOCC2)N2CCNCC2)c1. The van der Waals surface area contributed by atoms with Crippen LogP contribution in [0, 0.1) is 5.92 Å². The summed E-state index contributed by atoms with van der Waals surface area (Å²) in [5.41, 5.74) is 1.18. The Hall–Kier alpha value is 0.260. The predicted octanol–water partition coefficient (Wildman–Crippen LogP) is 4.21. The van der Waals surface area contributed by atoms with Crippen LogP contribution in [0.3, 0.4) is 0 Å². The summed E-state index contributed by atoms with van der Waals surface area (Å²) in [6, 6.07) is 6.19. The monoisotopic (exact) mass is 400 g/mol. The highest BCUT2D eigenvalue weighted by Gasteiger charge is 2.32. The molecule has 3 nitrogen and oxygen atoms in total. The molecule has 0 aromatic heterocycles. The molecule has 1 aromatic carbocycles. The number of piperazine rings is 1. The highest BCUT2D eigenvalue weighted by molar-refractivity contribution is 6.33. The third-order valence-corrected chi connectivity index (χ3v) is 5.11. The lowest BCUT2D eigenvalue weighted by Gasteiger charge is -2.41. The highest BCUT2D eigenvalue weighted by Crippen LogP contribution is 2.39. The van der Waals surface area contributed by atoms with Crippen LogP contribution in [0.5, 0.6) is 0 Å². The fraction of sp³-hybridized carbons (Fsp3) is 0.625. The molecule has 0 spiro atoms. The van der Waals surface area contributed by atoms with Crippen LogP contribution in [0.1, 0.15) is 24.4 Å². The molecule has 23 heavy (non-hydrogen) atoms. The van der Waals surface area contributed by atoms with Crippen molar-refractivity contribution in [2.24, 2.45) is 5.92 Å². The van der Waals surface area contributed by atoms with Crippen LogP contribution < -0.4 is 5.32 Å². The van der Waals surface area contributed by atoms with E-state index in [0.717, 1.165) is 62.3 Å². The Morgan fingerprint density at radius 2 is 1.74 bits per heavy atom. The van der Waals surface area contributed by atoms with Gasteiger partial charge >= 0.3 is 0 Å². The Balaban J connectivity index is 0.00000132. The van der Waals surface area contributed by atoms with E-state index in [0.29, 0.717) is 12.0 Å². The number of ether oxygens (including phenoxy) is 1. The van der Waals surface area contributed by atoms with Crippen LogP contribution in [0.15, 0.2) is 18.2 Å². The summed E-state index contributed by atoms with van der Waals surface area (Å²) in [6.07, 6.45) is 2.19. The van der Waals surface area contributed by atoms with Gasteiger partial charge in [-0.3, -0.25) is 4.90 Å². The van der Waals surface area contributed by atoms with Gasteiger partial charge in [0.1, 0.15) is 0 Å². The third-order valence-electron chi connectivity index (χ3n) is 4.53. The first-order valence-corrected chi connectivity index (χ1v) is 8.49. The number of hydrogen-bond donors (Lipinski definition) is 1. The van der Waals surface area contributed by atoms with Gasteiger partial charge in [-0.25, -0.2) is 0 Å². The van der Waals surface area contributed by atoms with Gasteiger partial charge in [-0.05, 0) is 42.5 Å². The largest absolute Gasteiger partial charge is 0.381 e. The van der Waals surface area contributed by atoms with Crippen LogP contribution in [0.25, 0.3) is 0 Å². The van der Waals surface area contributed by atoms with Crippen LogP contribution in [0.4, 0.5) is 0 Å². The normalized spacial score (nSPS) is 21.1. The first kappa shape index (κ1) is 21.3. The van der Waals surface area contributed by atoms with Crippen LogP contribution >= 0.6 is 48.0 Å². The van der Waals surface area contributed by atoms with Gasteiger partial charge in [0.15, 0.2) is 0 Å². The lowest BCUT2D eigenvalue weighted by molar-refractivity contribution is 0.0213. The lowest BCUT2D eigenvalue weighted by Crippen LogP contribution is -2.47. The fourth-order valence-corrected chi connectivity index (χ4v) is 3.89. The van der Waals surface area contributed by atoms with Gasteiger partial charge in [-0.2, -0.15) is 0 Å². The number of halogens is 4. The highest BCUT2D eigenvalue weighted by atomic mass is 35.5. The summed E-state index contributed by atoms with van der Waals surface area (Å²) in [4.78, 5) is 2.56. The third kappa shape index (κ3) is 5.37. The summed E-state index contributed by atoms with van der Waals surface area (Å²) in [5, 5.41) is 5.02. The second-order valence-electron chi connectivity index (χ2n) is 5.85. The average Bonchev–Trinajstić information content (AvgIpc) is 2.53. The molecular formula is C16H24Cl4N2O. The standard InChI is InChI=1S/C16H22Cl2N2O.2ClH/c17-13-1-2-15(18)14(11-13)16(12-3-9-21-10-4-12)20-7-5-19-6-8-20;;/h1-2,11-12,16,19H,3-10H2;2*1H/t16-;;/m0../s1. The van der Waals surface area contributed by atoms with Crippen molar-refractivity contribution in [3.8, 4) is 0 Å². The molecule has 2 saturated heterocycles. The average molecular weight is 402 g/mol. The molecule has 0 unspecified atom stereocenters. The molecular weight excluding hydrogens is 378 g/mol. The minimum absolute atomic E-state index is 0. The summed E-state index contributed by atoms with van der Waals surface area (Å²) < 4.78 is 5.54. The smallest absolute Gasteiger partial charge is 0.0469 e. The maximum absolute atomic E-state index is 6.50. The zero-order chi connectivity index (χ0) is 14.7. The molecule has 1 N–H and O–H groups in total. The lowest BCUT2D eigenvalue weighted by atomic mass is 9.85. The Morgan fingerprint density at radius 1 is 1.09 bits per heavy atom. The van der Waals surface area contributed by atoms with E-state index in [2.05, 4.69) is 10.2 Å². The first-order valence-electron chi connectivity index (χ1n) is 7.73. The van der Waals surface area contributed by atoms with Crippen molar-refractivity contribution in [1.82, 2.24) is 10.2 Å². The van der Waals surface area contributed by atoms with Gasteiger partial charge in [-0.15, -0.1) is 24.8 Å². The van der Waals surface area contributed by atoms with Gasteiger partial charge in [0.2, 0.25) is 0 Å². The number of benzene rings is 1. The Bertz CT molecular complexity index is 459. The Morgan fingerprint density at radius 3 is 2.39 bits per heavy atom. The van der Waals surface area contributed by atoms with Crippen molar-refractivity contribution in [3.63, 3.8) is 0 Å². The molecule has 0 aliphatic carbocycles. The molecule has 0 bridgehead atoms. The van der Waals surface area contributed by atoms with Crippen molar-refractivity contribution >= 4 is 48.0 Å². The van der Waals surface area contributed by atoms with E-state index in [1.54, 1.807) is 0 Å². The van der Waals surface area contributed by atoms with E-state index in [-0.39, 0.29) is 24.8 Å². The summed E-state index contributed by atoms with van der Waals surface area (Å²) in [6.45, 7) is 5.91. The van der Waals surface area contributed by atoms with Crippen molar-refractivity contribution in [3.05, 3.63) is 33.8 Å². The van der Waals surface area contributed by atoms with Gasteiger partial charge in [-0.1, -0.05) is 23.2 Å². The van der Waals surface area contributed by atoms with Crippen LogP contribution in [-0.4, -0.2) is 44.3 Å². The number of hydrogen-bond acceptors (Lipinski definition) is 3. The van der Waals surface area contributed by atoms with E-state index in [1.807, 2.05) is 18.2 Å². The van der Waals surface area contributed by atoms with Crippen molar-refractivity contribution in [2.45, 2.75) is 18.9 Å². The maximum atomic E-state index is 6.50. The molecule has 0 saturated carbocycles. The number of nitrogens with zero attached hydrogens (tertiary/aromatic N) is 1. The van der Waals surface area contributed by atoms with Crippen LogP contribution in [-0.2, 0) is 4.74 Å².